The Morgan fingerprint density at radius 3 is 1.50 bits per heavy atom. The van der Waals surface area contributed by atoms with Crippen LogP contribution < -0.4 is 10.0 Å². The van der Waals surface area contributed by atoms with Gasteiger partial charge in [-0.3, -0.25) is 0 Å². The molecule has 0 heterocycles. The molecule has 18 heavy (non-hydrogen) atoms. The normalized spacial score (nSPS) is 12.2. The first-order valence-electron chi connectivity index (χ1n) is 6.10. The fourth-order valence-corrected chi connectivity index (χ4v) is 6.52. The largest absolute Gasteiger partial charge is 0.497 e. The summed E-state index contributed by atoms with van der Waals surface area (Å²) in [5.41, 5.74) is 0. The average molecular weight is 359 g/mol. The molecule has 1 nitrogen and oxygen atoms in total. The molecule has 1 aromatic carbocycles. The maximum absolute atomic E-state index is 5.23. The van der Waals surface area contributed by atoms with Crippen molar-refractivity contribution in [3.63, 3.8) is 0 Å². The fraction of sp³-hybridized carbons (Fsp3) is 0.600. The van der Waals surface area contributed by atoms with Crippen molar-refractivity contribution in [3.8, 4) is 5.75 Å². The van der Waals surface area contributed by atoms with Crippen molar-refractivity contribution in [1.29, 1.82) is 0 Å². The Morgan fingerprint density at radius 2 is 1.22 bits per heavy atom. The molecular formula is C15H25OPPd. The smallest absolute Gasteiger partial charge is 0.118 e. The second-order valence-corrected chi connectivity index (χ2v) is 10.2. The van der Waals surface area contributed by atoms with Gasteiger partial charge in [-0.15, -0.1) is 0 Å². The first-order valence-corrected chi connectivity index (χ1v) is 7.45. The summed E-state index contributed by atoms with van der Waals surface area (Å²) in [6.07, 6.45) is 0. The quantitative estimate of drug-likeness (QED) is 0.562. The molecule has 0 amide bonds. The Morgan fingerprint density at radius 1 is 0.833 bits per heavy atom. The monoisotopic (exact) mass is 358 g/mol. The summed E-state index contributed by atoms with van der Waals surface area (Å²) in [7, 11) is 1.50. The van der Waals surface area contributed by atoms with E-state index >= 15 is 0 Å². The zero-order valence-electron chi connectivity index (χ0n) is 12.5. The molecule has 0 fully saturated rings. The summed E-state index contributed by atoms with van der Waals surface area (Å²) in [6.45, 7) is 14.0. The van der Waals surface area contributed by atoms with Crippen LogP contribution in [-0.2, 0) is 20.4 Å². The number of ether oxygens (including phenoxy) is 1. The van der Waals surface area contributed by atoms with Crippen molar-refractivity contribution >= 4 is 13.2 Å². The van der Waals surface area contributed by atoms with E-state index < -0.39 is 0 Å². The third kappa shape index (κ3) is 4.66. The molecule has 1 aromatic rings. The second kappa shape index (κ2) is 6.52. The zero-order chi connectivity index (χ0) is 13.3. The number of methoxy groups -OCH3 is 1. The van der Waals surface area contributed by atoms with Crippen molar-refractivity contribution in [1.82, 2.24) is 0 Å². The predicted octanol–water partition coefficient (Wildman–Crippen LogP) is 4.40. The van der Waals surface area contributed by atoms with Crippen LogP contribution in [-0.4, -0.2) is 17.4 Å². The SMILES string of the molecule is COc1ccc(P(C(C)(C)C)C(C)(C)C)cc1.[Pd]. The molecule has 0 radical (unpaired) electrons. The molecule has 0 unspecified atom stereocenters. The van der Waals surface area contributed by atoms with E-state index in [1.54, 1.807) is 7.11 Å². The maximum Gasteiger partial charge on any atom is 0.118 e. The van der Waals surface area contributed by atoms with Crippen LogP contribution >= 0.6 is 7.92 Å². The molecule has 0 saturated heterocycles. The van der Waals surface area contributed by atoms with Gasteiger partial charge in [-0.2, -0.15) is 0 Å². The van der Waals surface area contributed by atoms with Gasteiger partial charge in [0.1, 0.15) is 5.75 Å². The molecule has 0 aliphatic carbocycles. The minimum absolute atomic E-state index is 0. The van der Waals surface area contributed by atoms with Gasteiger partial charge in [0.2, 0.25) is 0 Å². The fourth-order valence-electron chi connectivity index (χ4n) is 2.51. The minimum atomic E-state index is -0.211. The van der Waals surface area contributed by atoms with Gasteiger partial charge in [0.25, 0.3) is 0 Å². The van der Waals surface area contributed by atoms with Gasteiger partial charge >= 0.3 is 0 Å². The molecule has 0 saturated carbocycles. The van der Waals surface area contributed by atoms with Crippen molar-refractivity contribution in [2.45, 2.75) is 51.9 Å². The summed E-state index contributed by atoms with van der Waals surface area (Å²) in [6, 6.07) is 8.59. The Labute approximate surface area is 127 Å². The van der Waals surface area contributed by atoms with Gasteiger partial charge in [0.15, 0.2) is 0 Å². The number of hydrogen-bond donors (Lipinski definition) is 0. The Kier molecular flexibility index (Phi) is 6.56. The van der Waals surface area contributed by atoms with Crippen molar-refractivity contribution in [2.24, 2.45) is 0 Å². The summed E-state index contributed by atoms with van der Waals surface area (Å²) in [4.78, 5) is 0. The van der Waals surface area contributed by atoms with E-state index in [9.17, 15) is 0 Å². The van der Waals surface area contributed by atoms with Crippen LogP contribution in [0.25, 0.3) is 0 Å². The Balaban J connectivity index is 0.00000289. The number of rotatable bonds is 2. The van der Waals surface area contributed by atoms with E-state index in [4.69, 9.17) is 4.74 Å². The van der Waals surface area contributed by atoms with Crippen LogP contribution in [0.5, 0.6) is 5.75 Å². The molecule has 106 valence electrons. The molecule has 0 aliphatic heterocycles. The molecular weight excluding hydrogens is 334 g/mol. The van der Waals surface area contributed by atoms with Crippen LogP contribution in [0, 0.1) is 0 Å². The molecule has 1 rings (SSSR count). The molecule has 0 bridgehead atoms. The van der Waals surface area contributed by atoms with Gasteiger partial charge in [0.05, 0.1) is 7.11 Å². The van der Waals surface area contributed by atoms with Crippen LogP contribution in [0.15, 0.2) is 24.3 Å². The predicted molar refractivity (Wildman–Crippen MR) is 79.1 cm³/mol. The number of benzene rings is 1. The van der Waals surface area contributed by atoms with Crippen molar-refractivity contribution in [2.75, 3.05) is 7.11 Å². The summed E-state index contributed by atoms with van der Waals surface area (Å²) < 4.78 is 5.23. The number of hydrogen-bond acceptors (Lipinski definition) is 1. The molecule has 0 atom stereocenters. The Bertz CT molecular complexity index is 346. The van der Waals surface area contributed by atoms with Gasteiger partial charge < -0.3 is 4.74 Å². The summed E-state index contributed by atoms with van der Waals surface area (Å²) in [5.74, 6) is 0.937. The maximum atomic E-state index is 5.23. The average Bonchev–Trinajstić information content (AvgIpc) is 2.14. The minimum Gasteiger partial charge on any atom is -0.497 e. The van der Waals surface area contributed by atoms with E-state index in [1.165, 1.54) is 5.30 Å². The first-order chi connectivity index (χ1) is 7.66. The summed E-state index contributed by atoms with van der Waals surface area (Å²) in [5, 5.41) is 2.10. The van der Waals surface area contributed by atoms with Crippen molar-refractivity contribution in [3.05, 3.63) is 24.3 Å². The van der Waals surface area contributed by atoms with Gasteiger partial charge in [-0.05, 0) is 27.7 Å². The topological polar surface area (TPSA) is 9.23 Å². The third-order valence-corrected chi connectivity index (χ3v) is 6.17. The molecule has 0 aliphatic rings. The van der Waals surface area contributed by atoms with Crippen LogP contribution in [0.1, 0.15) is 41.5 Å². The third-order valence-electron chi connectivity index (χ3n) is 2.67. The van der Waals surface area contributed by atoms with E-state index in [2.05, 4.69) is 65.8 Å². The Hall–Kier alpha value is 0.112. The molecule has 0 N–H and O–H groups in total. The molecule has 3 heteroatoms. The molecule has 0 aromatic heterocycles. The van der Waals surface area contributed by atoms with E-state index in [0.717, 1.165) is 5.75 Å². The van der Waals surface area contributed by atoms with E-state index in [-0.39, 0.29) is 28.3 Å². The zero-order valence-corrected chi connectivity index (χ0v) is 14.9. The van der Waals surface area contributed by atoms with E-state index in [1.807, 2.05) is 0 Å². The van der Waals surface area contributed by atoms with Gasteiger partial charge in [-0.25, -0.2) is 0 Å². The van der Waals surface area contributed by atoms with E-state index in [0.29, 0.717) is 10.3 Å². The van der Waals surface area contributed by atoms with Crippen LogP contribution in [0.4, 0.5) is 0 Å². The standard InChI is InChI=1S/C15H25OP.Pd/c1-14(2,3)17(15(4,5)6)13-10-8-12(16-7)9-11-13;/h8-11H,1-7H3;. The van der Waals surface area contributed by atoms with Crippen LogP contribution in [0.2, 0.25) is 0 Å². The summed E-state index contributed by atoms with van der Waals surface area (Å²) >= 11 is 0. The van der Waals surface area contributed by atoms with Gasteiger partial charge in [-0.1, -0.05) is 61.6 Å². The van der Waals surface area contributed by atoms with Crippen LogP contribution in [0.3, 0.4) is 0 Å². The second-order valence-electron chi connectivity index (χ2n) is 6.38. The first kappa shape index (κ1) is 18.1. The molecule has 0 spiro atoms. The van der Waals surface area contributed by atoms with Gasteiger partial charge in [0, 0.05) is 20.4 Å². The van der Waals surface area contributed by atoms with Crippen molar-refractivity contribution < 1.29 is 25.2 Å².